The van der Waals surface area contributed by atoms with Gasteiger partial charge in [-0.2, -0.15) is 0 Å². The Hall–Kier alpha value is -1.09. The van der Waals surface area contributed by atoms with E-state index in [2.05, 4.69) is 6.07 Å². The van der Waals surface area contributed by atoms with Crippen molar-refractivity contribution < 1.29 is 13.9 Å². The molecular formula is C10H12FO2. The van der Waals surface area contributed by atoms with Crippen molar-refractivity contribution in [3.63, 3.8) is 0 Å². The van der Waals surface area contributed by atoms with Gasteiger partial charge in [0.25, 0.3) is 0 Å². The van der Waals surface area contributed by atoms with Gasteiger partial charge in [0.05, 0.1) is 13.2 Å². The Morgan fingerprint density at radius 3 is 2.85 bits per heavy atom. The molecule has 0 aliphatic rings. The summed E-state index contributed by atoms with van der Waals surface area (Å²) in [6.07, 6.45) is 0. The normalized spacial score (nSPS) is 9.92. The second-order valence-electron chi connectivity index (χ2n) is 2.38. The van der Waals surface area contributed by atoms with E-state index in [0.29, 0.717) is 19.0 Å². The highest BCUT2D eigenvalue weighted by Crippen LogP contribution is 2.06. The van der Waals surface area contributed by atoms with Crippen LogP contribution in [0.5, 0.6) is 5.75 Å². The number of ether oxygens (including phenoxy) is 2. The van der Waals surface area contributed by atoms with E-state index in [1.807, 2.05) is 18.2 Å². The van der Waals surface area contributed by atoms with Gasteiger partial charge in [-0.25, -0.2) is 4.39 Å². The number of hydrogen-bond acceptors (Lipinski definition) is 2. The third kappa shape index (κ3) is 4.48. The van der Waals surface area contributed by atoms with Crippen LogP contribution in [0.4, 0.5) is 4.39 Å². The van der Waals surface area contributed by atoms with Crippen molar-refractivity contribution in [3.8, 4) is 5.75 Å². The van der Waals surface area contributed by atoms with Crippen LogP contribution in [0.25, 0.3) is 0 Å². The van der Waals surface area contributed by atoms with Crippen LogP contribution >= 0.6 is 0 Å². The molecule has 2 nitrogen and oxygen atoms in total. The molecule has 0 fully saturated rings. The van der Waals surface area contributed by atoms with E-state index in [1.54, 1.807) is 6.07 Å². The van der Waals surface area contributed by atoms with Crippen molar-refractivity contribution in [2.24, 2.45) is 0 Å². The van der Waals surface area contributed by atoms with E-state index in [4.69, 9.17) is 9.47 Å². The van der Waals surface area contributed by atoms with Crippen molar-refractivity contribution in [3.05, 3.63) is 30.3 Å². The van der Waals surface area contributed by atoms with Crippen molar-refractivity contribution in [1.29, 1.82) is 0 Å². The van der Waals surface area contributed by atoms with Crippen LogP contribution in [0.2, 0.25) is 0 Å². The van der Waals surface area contributed by atoms with Crippen LogP contribution in [-0.4, -0.2) is 26.5 Å². The summed E-state index contributed by atoms with van der Waals surface area (Å²) in [4.78, 5) is 0. The molecule has 1 rings (SSSR count). The number of alkyl halides is 1. The Balaban J connectivity index is 2.07. The molecule has 0 N–H and O–H groups in total. The zero-order valence-corrected chi connectivity index (χ0v) is 7.33. The third-order valence-electron chi connectivity index (χ3n) is 1.39. The molecule has 0 heterocycles. The maximum absolute atomic E-state index is 11.6. The summed E-state index contributed by atoms with van der Waals surface area (Å²) in [5.74, 6) is 0.686. The fourth-order valence-electron chi connectivity index (χ4n) is 0.834. The fourth-order valence-corrected chi connectivity index (χ4v) is 0.834. The molecule has 71 valence electrons. The van der Waals surface area contributed by atoms with Gasteiger partial charge in [0.2, 0.25) is 0 Å². The predicted octanol–water partition coefficient (Wildman–Crippen LogP) is 1.85. The summed E-state index contributed by atoms with van der Waals surface area (Å²) < 4.78 is 21.7. The van der Waals surface area contributed by atoms with Gasteiger partial charge in [-0.05, 0) is 6.07 Å². The van der Waals surface area contributed by atoms with E-state index in [9.17, 15) is 4.39 Å². The highest BCUT2D eigenvalue weighted by Gasteiger charge is 1.91. The summed E-state index contributed by atoms with van der Waals surface area (Å²) in [7, 11) is 0. The Bertz CT molecular complexity index is 213. The van der Waals surface area contributed by atoms with Gasteiger partial charge >= 0.3 is 0 Å². The molecule has 0 unspecified atom stereocenters. The van der Waals surface area contributed by atoms with Crippen molar-refractivity contribution in [2.45, 2.75) is 0 Å². The maximum atomic E-state index is 11.6. The lowest BCUT2D eigenvalue weighted by molar-refractivity contribution is 0.0896. The SMILES string of the molecule is FCCOCCOc1[c]cccc1. The zero-order valence-electron chi connectivity index (χ0n) is 7.33. The summed E-state index contributed by atoms with van der Waals surface area (Å²) in [5, 5.41) is 0. The molecule has 0 amide bonds. The zero-order chi connectivity index (χ0) is 9.36. The number of halogens is 1. The van der Waals surface area contributed by atoms with Gasteiger partial charge in [-0.15, -0.1) is 0 Å². The molecule has 13 heavy (non-hydrogen) atoms. The lowest BCUT2D eigenvalue weighted by Gasteiger charge is -2.04. The van der Waals surface area contributed by atoms with Gasteiger partial charge < -0.3 is 9.47 Å². The average molecular weight is 183 g/mol. The summed E-state index contributed by atoms with van der Waals surface area (Å²) >= 11 is 0. The predicted molar refractivity (Wildman–Crippen MR) is 47.6 cm³/mol. The smallest absolute Gasteiger partial charge is 0.127 e. The topological polar surface area (TPSA) is 18.5 Å². The molecular weight excluding hydrogens is 171 g/mol. The van der Waals surface area contributed by atoms with Crippen molar-refractivity contribution in [1.82, 2.24) is 0 Å². The Labute approximate surface area is 77.3 Å². The summed E-state index contributed by atoms with van der Waals surface area (Å²) in [6, 6.07) is 10.2. The summed E-state index contributed by atoms with van der Waals surface area (Å²) in [5.41, 5.74) is 0. The van der Waals surface area contributed by atoms with Crippen LogP contribution in [-0.2, 0) is 4.74 Å². The first-order valence-electron chi connectivity index (χ1n) is 4.16. The standard InChI is InChI=1S/C10H12FO2/c11-6-7-12-8-9-13-10-4-2-1-3-5-10/h1-4H,6-9H2. The molecule has 3 heteroatoms. The van der Waals surface area contributed by atoms with E-state index in [-0.39, 0.29) is 6.61 Å². The minimum Gasteiger partial charge on any atom is -0.491 e. The minimum atomic E-state index is -0.447. The Morgan fingerprint density at radius 1 is 1.23 bits per heavy atom. The first kappa shape index (κ1) is 9.99. The maximum Gasteiger partial charge on any atom is 0.127 e. The summed E-state index contributed by atoms with van der Waals surface area (Å²) in [6.45, 7) is 0.534. The highest BCUT2D eigenvalue weighted by molar-refractivity contribution is 5.19. The number of hydrogen-bond donors (Lipinski definition) is 0. The Morgan fingerprint density at radius 2 is 2.15 bits per heavy atom. The number of rotatable bonds is 6. The fraction of sp³-hybridized carbons (Fsp3) is 0.400. The number of para-hydroxylation sites is 1. The van der Waals surface area contributed by atoms with E-state index < -0.39 is 6.67 Å². The van der Waals surface area contributed by atoms with Crippen LogP contribution < -0.4 is 4.74 Å². The first-order chi connectivity index (χ1) is 6.43. The van der Waals surface area contributed by atoms with Crippen molar-refractivity contribution in [2.75, 3.05) is 26.5 Å². The molecule has 0 aliphatic carbocycles. The monoisotopic (exact) mass is 183 g/mol. The molecule has 0 spiro atoms. The van der Waals surface area contributed by atoms with Gasteiger partial charge in [-0.3, -0.25) is 0 Å². The molecule has 1 aromatic carbocycles. The lowest BCUT2D eigenvalue weighted by atomic mass is 10.3. The number of benzene rings is 1. The largest absolute Gasteiger partial charge is 0.491 e. The van der Waals surface area contributed by atoms with Crippen LogP contribution in [0.3, 0.4) is 0 Å². The lowest BCUT2D eigenvalue weighted by Crippen LogP contribution is -2.08. The third-order valence-corrected chi connectivity index (χ3v) is 1.39. The average Bonchev–Trinajstić information content (AvgIpc) is 2.19. The quantitative estimate of drug-likeness (QED) is 0.626. The molecule has 0 saturated heterocycles. The molecule has 0 saturated carbocycles. The second-order valence-corrected chi connectivity index (χ2v) is 2.38. The molecule has 0 aromatic heterocycles. The van der Waals surface area contributed by atoms with Gasteiger partial charge in [0.15, 0.2) is 0 Å². The minimum absolute atomic E-state index is 0.141. The van der Waals surface area contributed by atoms with Crippen molar-refractivity contribution >= 4 is 0 Å². The molecule has 1 radical (unpaired) electrons. The molecule has 0 atom stereocenters. The molecule has 0 aliphatic heterocycles. The van der Waals surface area contributed by atoms with E-state index in [0.717, 1.165) is 0 Å². The molecule has 1 aromatic rings. The van der Waals surface area contributed by atoms with Crippen LogP contribution in [0.15, 0.2) is 24.3 Å². The van der Waals surface area contributed by atoms with Gasteiger partial charge in [0, 0.05) is 6.07 Å². The Kier molecular flexibility index (Phi) is 4.94. The van der Waals surface area contributed by atoms with E-state index in [1.165, 1.54) is 0 Å². The van der Waals surface area contributed by atoms with E-state index >= 15 is 0 Å². The van der Waals surface area contributed by atoms with Gasteiger partial charge in [0.1, 0.15) is 19.0 Å². The van der Waals surface area contributed by atoms with Crippen LogP contribution in [0.1, 0.15) is 0 Å². The van der Waals surface area contributed by atoms with Gasteiger partial charge in [-0.1, -0.05) is 18.2 Å². The second kappa shape index (κ2) is 6.43. The highest BCUT2D eigenvalue weighted by atomic mass is 19.1. The van der Waals surface area contributed by atoms with Crippen LogP contribution in [0, 0.1) is 6.07 Å². The first-order valence-corrected chi connectivity index (χ1v) is 4.16. The molecule has 0 bridgehead atoms.